The van der Waals surface area contributed by atoms with Crippen molar-refractivity contribution in [2.45, 2.75) is 31.3 Å². The molecule has 0 radical (unpaired) electrons. The SMILES string of the molecule is COc1ccc(OC)c(N(C)C2CCCC2N)c1. The Morgan fingerprint density at radius 2 is 2.00 bits per heavy atom. The number of anilines is 1. The van der Waals surface area contributed by atoms with Crippen LogP contribution in [0.25, 0.3) is 0 Å². The highest BCUT2D eigenvalue weighted by Crippen LogP contribution is 2.35. The number of nitrogens with zero attached hydrogens (tertiary/aromatic N) is 1. The molecule has 2 rings (SSSR count). The van der Waals surface area contributed by atoms with E-state index in [1.54, 1.807) is 14.2 Å². The Morgan fingerprint density at radius 1 is 1.22 bits per heavy atom. The standard InChI is InChI=1S/C14H22N2O2/c1-16(12-6-4-5-11(12)15)13-9-10(17-2)7-8-14(13)18-3/h7-9,11-12H,4-6,15H2,1-3H3. The molecule has 1 aliphatic carbocycles. The fourth-order valence-corrected chi connectivity index (χ4v) is 2.70. The second-order valence-electron chi connectivity index (χ2n) is 4.81. The van der Waals surface area contributed by atoms with E-state index < -0.39 is 0 Å². The summed E-state index contributed by atoms with van der Waals surface area (Å²) in [6.07, 6.45) is 3.43. The van der Waals surface area contributed by atoms with Gasteiger partial charge in [0.1, 0.15) is 11.5 Å². The lowest BCUT2D eigenvalue weighted by molar-refractivity contribution is 0.401. The number of likely N-dealkylation sites (N-methyl/N-ethyl adjacent to an activating group) is 1. The van der Waals surface area contributed by atoms with Gasteiger partial charge in [0.15, 0.2) is 0 Å². The Bertz CT molecular complexity index is 409. The summed E-state index contributed by atoms with van der Waals surface area (Å²) in [5, 5.41) is 0. The first-order valence-electron chi connectivity index (χ1n) is 6.37. The molecule has 0 heterocycles. The van der Waals surface area contributed by atoms with Crippen LogP contribution in [0.3, 0.4) is 0 Å². The van der Waals surface area contributed by atoms with Crippen LogP contribution in [0.15, 0.2) is 18.2 Å². The number of hydrogen-bond donors (Lipinski definition) is 1. The molecule has 1 saturated carbocycles. The minimum absolute atomic E-state index is 0.242. The van der Waals surface area contributed by atoms with Crippen molar-refractivity contribution in [2.75, 3.05) is 26.2 Å². The summed E-state index contributed by atoms with van der Waals surface area (Å²) in [5.74, 6) is 1.70. The fraction of sp³-hybridized carbons (Fsp3) is 0.571. The smallest absolute Gasteiger partial charge is 0.142 e. The van der Waals surface area contributed by atoms with Crippen LogP contribution in [-0.2, 0) is 0 Å². The van der Waals surface area contributed by atoms with Crippen molar-refractivity contribution in [3.8, 4) is 11.5 Å². The quantitative estimate of drug-likeness (QED) is 0.888. The molecule has 1 fully saturated rings. The van der Waals surface area contributed by atoms with Crippen molar-refractivity contribution in [1.29, 1.82) is 0 Å². The van der Waals surface area contributed by atoms with Gasteiger partial charge < -0.3 is 20.1 Å². The van der Waals surface area contributed by atoms with Crippen LogP contribution in [0, 0.1) is 0 Å². The zero-order chi connectivity index (χ0) is 13.1. The van der Waals surface area contributed by atoms with Gasteiger partial charge in [-0.3, -0.25) is 0 Å². The van der Waals surface area contributed by atoms with Crippen molar-refractivity contribution in [1.82, 2.24) is 0 Å². The largest absolute Gasteiger partial charge is 0.497 e. The van der Waals surface area contributed by atoms with E-state index in [1.165, 1.54) is 6.42 Å². The van der Waals surface area contributed by atoms with E-state index in [0.717, 1.165) is 30.0 Å². The van der Waals surface area contributed by atoms with Crippen molar-refractivity contribution in [2.24, 2.45) is 5.73 Å². The number of benzene rings is 1. The number of hydrogen-bond acceptors (Lipinski definition) is 4. The van der Waals surface area contributed by atoms with E-state index in [0.29, 0.717) is 6.04 Å². The molecule has 4 nitrogen and oxygen atoms in total. The monoisotopic (exact) mass is 250 g/mol. The average Bonchev–Trinajstić information content (AvgIpc) is 2.83. The molecule has 4 heteroatoms. The van der Waals surface area contributed by atoms with Crippen molar-refractivity contribution >= 4 is 5.69 Å². The van der Waals surface area contributed by atoms with Gasteiger partial charge >= 0.3 is 0 Å². The molecule has 1 aliphatic rings. The van der Waals surface area contributed by atoms with E-state index in [2.05, 4.69) is 11.9 Å². The molecule has 1 aromatic rings. The number of nitrogens with two attached hydrogens (primary N) is 1. The van der Waals surface area contributed by atoms with Gasteiger partial charge in [-0.1, -0.05) is 0 Å². The van der Waals surface area contributed by atoms with E-state index in [-0.39, 0.29) is 6.04 Å². The van der Waals surface area contributed by atoms with E-state index in [4.69, 9.17) is 15.2 Å². The zero-order valence-electron chi connectivity index (χ0n) is 11.3. The van der Waals surface area contributed by atoms with Gasteiger partial charge in [-0.05, 0) is 31.4 Å². The van der Waals surface area contributed by atoms with Crippen LogP contribution >= 0.6 is 0 Å². The van der Waals surface area contributed by atoms with E-state index >= 15 is 0 Å². The second-order valence-corrected chi connectivity index (χ2v) is 4.81. The molecule has 18 heavy (non-hydrogen) atoms. The summed E-state index contributed by atoms with van der Waals surface area (Å²) in [6.45, 7) is 0. The summed E-state index contributed by atoms with van der Waals surface area (Å²) in [4.78, 5) is 2.22. The number of rotatable bonds is 4. The second kappa shape index (κ2) is 5.48. The van der Waals surface area contributed by atoms with Crippen LogP contribution in [0.4, 0.5) is 5.69 Å². The first-order valence-corrected chi connectivity index (χ1v) is 6.37. The molecule has 0 amide bonds. The van der Waals surface area contributed by atoms with Gasteiger partial charge in [0, 0.05) is 25.2 Å². The summed E-state index contributed by atoms with van der Waals surface area (Å²) < 4.78 is 10.7. The third kappa shape index (κ3) is 2.38. The Balaban J connectivity index is 2.29. The van der Waals surface area contributed by atoms with Gasteiger partial charge in [0.05, 0.1) is 19.9 Å². The van der Waals surface area contributed by atoms with Crippen molar-refractivity contribution < 1.29 is 9.47 Å². The molecule has 1 aromatic carbocycles. The molecule has 100 valence electrons. The van der Waals surface area contributed by atoms with Crippen molar-refractivity contribution in [3.63, 3.8) is 0 Å². The Kier molecular flexibility index (Phi) is 3.97. The summed E-state index contributed by atoms with van der Waals surface area (Å²) in [5.41, 5.74) is 7.21. The first kappa shape index (κ1) is 13.0. The van der Waals surface area contributed by atoms with Crippen molar-refractivity contribution in [3.05, 3.63) is 18.2 Å². The molecule has 0 aromatic heterocycles. The zero-order valence-corrected chi connectivity index (χ0v) is 11.3. The number of methoxy groups -OCH3 is 2. The lowest BCUT2D eigenvalue weighted by atomic mass is 10.1. The third-order valence-corrected chi connectivity index (χ3v) is 3.80. The molecule has 2 unspecified atom stereocenters. The highest BCUT2D eigenvalue weighted by Gasteiger charge is 2.29. The lowest BCUT2D eigenvalue weighted by Crippen LogP contribution is -2.42. The molecule has 2 N–H and O–H groups in total. The topological polar surface area (TPSA) is 47.7 Å². The molecule has 2 atom stereocenters. The Hall–Kier alpha value is -1.42. The van der Waals surface area contributed by atoms with Gasteiger partial charge in [0.25, 0.3) is 0 Å². The van der Waals surface area contributed by atoms with Crippen LogP contribution in [0.5, 0.6) is 11.5 Å². The van der Waals surface area contributed by atoms with Crippen LogP contribution in [-0.4, -0.2) is 33.4 Å². The van der Waals surface area contributed by atoms with Crippen LogP contribution < -0.4 is 20.1 Å². The van der Waals surface area contributed by atoms with Gasteiger partial charge in [-0.2, -0.15) is 0 Å². The van der Waals surface area contributed by atoms with Crippen LogP contribution in [0.1, 0.15) is 19.3 Å². The van der Waals surface area contributed by atoms with Crippen LogP contribution in [0.2, 0.25) is 0 Å². The normalized spacial score (nSPS) is 22.9. The highest BCUT2D eigenvalue weighted by molar-refractivity contribution is 5.62. The maximum absolute atomic E-state index is 6.17. The van der Waals surface area contributed by atoms with Gasteiger partial charge in [-0.15, -0.1) is 0 Å². The van der Waals surface area contributed by atoms with E-state index in [1.807, 2.05) is 18.2 Å². The average molecular weight is 250 g/mol. The fourth-order valence-electron chi connectivity index (χ4n) is 2.70. The molecule has 0 saturated heterocycles. The first-order chi connectivity index (χ1) is 8.67. The summed E-state index contributed by atoms with van der Waals surface area (Å²) in [7, 11) is 5.44. The maximum atomic E-state index is 6.17. The predicted octanol–water partition coefficient (Wildman–Crippen LogP) is 2.02. The molecular weight excluding hydrogens is 228 g/mol. The minimum atomic E-state index is 0.242. The van der Waals surface area contributed by atoms with E-state index in [9.17, 15) is 0 Å². The summed E-state index contributed by atoms with van der Waals surface area (Å²) in [6, 6.07) is 6.47. The molecule has 0 bridgehead atoms. The van der Waals surface area contributed by atoms with Gasteiger partial charge in [0.2, 0.25) is 0 Å². The maximum Gasteiger partial charge on any atom is 0.142 e. The third-order valence-electron chi connectivity index (χ3n) is 3.80. The minimum Gasteiger partial charge on any atom is -0.497 e. The Labute approximate surface area is 109 Å². The highest BCUT2D eigenvalue weighted by atomic mass is 16.5. The molecule has 0 aliphatic heterocycles. The molecular formula is C14H22N2O2. The van der Waals surface area contributed by atoms with Gasteiger partial charge in [-0.25, -0.2) is 0 Å². The number of ether oxygens (including phenoxy) is 2. The molecule has 0 spiro atoms. The summed E-state index contributed by atoms with van der Waals surface area (Å²) >= 11 is 0. The Morgan fingerprint density at radius 3 is 2.56 bits per heavy atom. The predicted molar refractivity (Wildman–Crippen MR) is 73.6 cm³/mol. The lowest BCUT2D eigenvalue weighted by Gasteiger charge is -2.31.